The number of nitrogens with zero attached hydrogens (tertiary/aromatic N) is 1. The van der Waals surface area contributed by atoms with Gasteiger partial charge in [-0.2, -0.15) is 0 Å². The molecule has 0 fully saturated rings. The zero-order chi connectivity index (χ0) is 18.0. The van der Waals surface area contributed by atoms with E-state index in [0.717, 1.165) is 19.4 Å². The Morgan fingerprint density at radius 3 is 2.30 bits per heavy atom. The third kappa shape index (κ3) is 8.69. The van der Waals surface area contributed by atoms with Gasteiger partial charge in [0.05, 0.1) is 0 Å². The molecule has 0 aliphatic carbocycles. The van der Waals surface area contributed by atoms with E-state index in [9.17, 15) is 14.7 Å². The van der Waals surface area contributed by atoms with E-state index < -0.39 is 18.1 Å². The zero-order valence-corrected chi connectivity index (χ0v) is 15.3. The van der Waals surface area contributed by atoms with E-state index in [2.05, 4.69) is 31.2 Å². The van der Waals surface area contributed by atoms with Gasteiger partial charge in [0.25, 0.3) is 0 Å². The van der Waals surface area contributed by atoms with Crippen LogP contribution < -0.4 is 10.6 Å². The van der Waals surface area contributed by atoms with Crippen LogP contribution >= 0.6 is 0 Å². The Morgan fingerprint density at radius 2 is 1.83 bits per heavy atom. The van der Waals surface area contributed by atoms with Crippen LogP contribution in [0.1, 0.15) is 53.4 Å². The molecule has 3 unspecified atom stereocenters. The highest BCUT2D eigenvalue weighted by atomic mass is 16.3. The van der Waals surface area contributed by atoms with Gasteiger partial charge >= 0.3 is 0 Å². The first kappa shape index (κ1) is 21.6. The van der Waals surface area contributed by atoms with Crippen molar-refractivity contribution in [2.24, 2.45) is 5.92 Å². The van der Waals surface area contributed by atoms with Crippen molar-refractivity contribution < 1.29 is 19.3 Å². The van der Waals surface area contributed by atoms with Crippen LogP contribution in [-0.4, -0.2) is 60.0 Å². The number of carbonyl (C=O) groups is 2. The number of aliphatic hydroxyl groups excluding tert-OH is 1. The SMILES string of the molecule is C=[N+](CCCC(NC(=O)C(O)CC(C)C)C(=O)NC)C(C)CC. The molecule has 0 saturated carbocycles. The molecule has 0 bridgehead atoms. The molecule has 6 heteroatoms. The van der Waals surface area contributed by atoms with Gasteiger partial charge in [-0.05, 0) is 25.7 Å². The van der Waals surface area contributed by atoms with Crippen molar-refractivity contribution in [3.05, 3.63) is 0 Å². The Balaban J connectivity index is 4.51. The highest BCUT2D eigenvalue weighted by molar-refractivity contribution is 5.89. The fraction of sp³-hybridized carbons (Fsp3) is 0.824. The van der Waals surface area contributed by atoms with Gasteiger partial charge in [0.15, 0.2) is 0 Å². The smallest absolute Gasteiger partial charge is 0.249 e. The predicted molar refractivity (Wildman–Crippen MR) is 92.7 cm³/mol. The molecule has 0 spiro atoms. The minimum atomic E-state index is -1.08. The maximum atomic E-state index is 12.0. The second-order valence-corrected chi connectivity index (χ2v) is 6.53. The lowest BCUT2D eigenvalue weighted by molar-refractivity contribution is -0.555. The molecule has 0 aromatic carbocycles. The minimum Gasteiger partial charge on any atom is -0.383 e. The normalized spacial score (nSPS) is 14.9. The molecule has 0 saturated heterocycles. The molecule has 2 amide bonds. The third-order valence-corrected chi connectivity index (χ3v) is 4.03. The van der Waals surface area contributed by atoms with Gasteiger partial charge in [-0.25, -0.2) is 4.58 Å². The van der Waals surface area contributed by atoms with Crippen molar-refractivity contribution in [2.45, 2.75) is 71.6 Å². The summed E-state index contributed by atoms with van der Waals surface area (Å²) in [5.74, 6) is -0.514. The molecule has 3 N–H and O–H groups in total. The second kappa shape index (κ2) is 11.2. The Morgan fingerprint density at radius 1 is 1.22 bits per heavy atom. The van der Waals surface area contributed by atoms with E-state index in [0.29, 0.717) is 18.9 Å². The molecule has 23 heavy (non-hydrogen) atoms. The first-order valence-electron chi connectivity index (χ1n) is 8.50. The first-order chi connectivity index (χ1) is 10.7. The summed E-state index contributed by atoms with van der Waals surface area (Å²) in [6, 6.07) is -0.240. The van der Waals surface area contributed by atoms with E-state index in [-0.39, 0.29) is 11.8 Å². The fourth-order valence-electron chi connectivity index (χ4n) is 2.24. The molecule has 0 aliphatic heterocycles. The third-order valence-electron chi connectivity index (χ3n) is 4.03. The Bertz CT molecular complexity index is 397. The maximum absolute atomic E-state index is 12.0. The Kier molecular flexibility index (Phi) is 10.5. The lowest BCUT2D eigenvalue weighted by atomic mass is 10.0. The van der Waals surface area contributed by atoms with Crippen molar-refractivity contribution in [3.63, 3.8) is 0 Å². The Hall–Kier alpha value is -1.43. The number of aliphatic hydroxyl groups is 1. The van der Waals surface area contributed by atoms with Crippen molar-refractivity contribution in [2.75, 3.05) is 13.6 Å². The number of nitrogens with one attached hydrogen (secondary N) is 2. The molecule has 0 aliphatic rings. The standard InChI is InChI=1S/C17H33N3O3/c1-7-13(4)20(6)10-8-9-14(16(22)18-5)19-17(23)15(21)11-12(2)3/h12-15,21H,6-11H2,1-5H3,(H-,18,19,22,23)/p+1. The van der Waals surface area contributed by atoms with Gasteiger partial charge in [0, 0.05) is 19.9 Å². The molecule has 0 aromatic rings. The van der Waals surface area contributed by atoms with Crippen molar-refractivity contribution >= 4 is 18.5 Å². The highest BCUT2D eigenvalue weighted by Gasteiger charge is 2.24. The number of hydrogen-bond donors (Lipinski definition) is 3. The van der Waals surface area contributed by atoms with Crippen LogP contribution in [0, 0.1) is 5.92 Å². The number of likely N-dealkylation sites (N-methyl/N-ethyl adjacent to an activating group) is 1. The largest absolute Gasteiger partial charge is 0.383 e. The minimum absolute atomic E-state index is 0.212. The Labute approximate surface area is 140 Å². The summed E-state index contributed by atoms with van der Waals surface area (Å²) in [5, 5.41) is 15.1. The summed E-state index contributed by atoms with van der Waals surface area (Å²) in [6.07, 6.45) is 1.58. The summed E-state index contributed by atoms with van der Waals surface area (Å²) in [6.45, 7) is 12.8. The average Bonchev–Trinajstić information content (AvgIpc) is 2.51. The molecule has 6 nitrogen and oxygen atoms in total. The van der Waals surface area contributed by atoms with Gasteiger partial charge in [0.2, 0.25) is 11.8 Å². The number of carbonyl (C=O) groups excluding carboxylic acids is 2. The van der Waals surface area contributed by atoms with Crippen LogP contribution in [0.3, 0.4) is 0 Å². The number of rotatable bonds is 11. The van der Waals surface area contributed by atoms with E-state index in [4.69, 9.17) is 0 Å². The molecular formula is C17H34N3O3+. The quantitative estimate of drug-likeness (QED) is 0.390. The fourth-order valence-corrected chi connectivity index (χ4v) is 2.24. The van der Waals surface area contributed by atoms with Gasteiger partial charge in [-0.15, -0.1) is 0 Å². The summed E-state index contributed by atoms with van der Waals surface area (Å²) < 4.78 is 2.00. The van der Waals surface area contributed by atoms with Crippen LogP contribution in [0.15, 0.2) is 0 Å². The van der Waals surface area contributed by atoms with E-state index in [1.165, 1.54) is 0 Å². The summed E-state index contributed by atoms with van der Waals surface area (Å²) in [5.41, 5.74) is 0. The predicted octanol–water partition coefficient (Wildman–Crippen LogP) is 0.916. The first-order valence-corrected chi connectivity index (χ1v) is 8.50. The zero-order valence-electron chi connectivity index (χ0n) is 15.3. The number of amides is 2. The van der Waals surface area contributed by atoms with Crippen LogP contribution in [-0.2, 0) is 9.59 Å². The highest BCUT2D eigenvalue weighted by Crippen LogP contribution is 2.06. The molecule has 0 heterocycles. The molecular weight excluding hydrogens is 294 g/mol. The van der Waals surface area contributed by atoms with Crippen LogP contribution in [0.5, 0.6) is 0 Å². The number of hydrogen-bond acceptors (Lipinski definition) is 3. The molecule has 134 valence electrons. The maximum Gasteiger partial charge on any atom is 0.249 e. The van der Waals surface area contributed by atoms with Crippen molar-refractivity contribution in [1.29, 1.82) is 0 Å². The van der Waals surface area contributed by atoms with Gasteiger partial charge in [0.1, 0.15) is 31.4 Å². The second-order valence-electron chi connectivity index (χ2n) is 6.53. The van der Waals surface area contributed by atoms with Gasteiger partial charge in [-0.1, -0.05) is 20.8 Å². The lowest BCUT2D eigenvalue weighted by Crippen LogP contribution is -2.49. The summed E-state index contributed by atoms with van der Waals surface area (Å²) in [7, 11) is 1.54. The topological polar surface area (TPSA) is 81.4 Å². The summed E-state index contributed by atoms with van der Waals surface area (Å²) in [4.78, 5) is 23.9. The lowest BCUT2D eigenvalue weighted by Gasteiger charge is -2.20. The van der Waals surface area contributed by atoms with E-state index >= 15 is 0 Å². The van der Waals surface area contributed by atoms with Gasteiger partial charge < -0.3 is 15.7 Å². The van der Waals surface area contributed by atoms with Crippen LogP contribution in [0.4, 0.5) is 0 Å². The van der Waals surface area contributed by atoms with E-state index in [1.54, 1.807) is 7.05 Å². The van der Waals surface area contributed by atoms with Crippen molar-refractivity contribution in [1.82, 2.24) is 10.6 Å². The monoisotopic (exact) mass is 328 g/mol. The molecule has 0 rings (SSSR count). The average molecular weight is 328 g/mol. The molecule has 0 aromatic heterocycles. The van der Waals surface area contributed by atoms with E-state index in [1.807, 2.05) is 18.4 Å². The van der Waals surface area contributed by atoms with Crippen LogP contribution in [0.25, 0.3) is 0 Å². The van der Waals surface area contributed by atoms with Gasteiger partial charge in [-0.3, -0.25) is 9.59 Å². The molecule has 3 atom stereocenters. The van der Waals surface area contributed by atoms with Crippen molar-refractivity contribution in [3.8, 4) is 0 Å². The van der Waals surface area contributed by atoms with Crippen LogP contribution in [0.2, 0.25) is 0 Å². The molecule has 0 radical (unpaired) electrons. The summed E-state index contributed by atoms with van der Waals surface area (Å²) >= 11 is 0.